The molecule has 4 atom stereocenters. The Labute approximate surface area is 146 Å². The van der Waals surface area contributed by atoms with Crippen molar-refractivity contribution in [3.8, 4) is 0 Å². The van der Waals surface area contributed by atoms with E-state index in [9.17, 15) is 27.9 Å². The largest absolute Gasteiger partial charge is 0.480 e. The third-order valence-corrected chi connectivity index (χ3v) is 7.73. The van der Waals surface area contributed by atoms with Crippen LogP contribution in [0.15, 0.2) is 0 Å². The molecule has 3 N–H and O–H groups in total. The van der Waals surface area contributed by atoms with E-state index in [0.29, 0.717) is 6.42 Å². The lowest BCUT2D eigenvalue weighted by Crippen LogP contribution is -2.64. The molecule has 25 heavy (non-hydrogen) atoms. The van der Waals surface area contributed by atoms with Crippen LogP contribution in [0, 0.1) is 11.8 Å². The van der Waals surface area contributed by atoms with E-state index in [0.717, 1.165) is 4.90 Å². The van der Waals surface area contributed by atoms with Gasteiger partial charge in [0.05, 0.1) is 4.75 Å². The van der Waals surface area contributed by atoms with Crippen molar-refractivity contribution >= 4 is 27.7 Å². The first kappa shape index (κ1) is 19.6. The van der Waals surface area contributed by atoms with Crippen molar-refractivity contribution in [2.24, 2.45) is 17.6 Å². The highest BCUT2D eigenvalue weighted by atomic mass is 32.2. The molecule has 2 fully saturated rings. The number of rotatable bonds is 6. The fraction of sp³-hybridized carbons (Fsp3) is 0.800. The molecule has 1 amide bonds. The predicted molar refractivity (Wildman–Crippen MR) is 86.9 cm³/mol. The number of carboxylic acids is 1. The van der Waals surface area contributed by atoms with Gasteiger partial charge in [0, 0.05) is 0 Å². The minimum atomic E-state index is -3.93. The fourth-order valence-electron chi connectivity index (χ4n) is 3.45. The summed E-state index contributed by atoms with van der Waals surface area (Å²) in [6.07, 6.45) is 0.402. The number of aliphatic carboxylic acids is 1. The summed E-state index contributed by atoms with van der Waals surface area (Å²) < 4.78 is 28.7. The SMILES string of the molecule is CC(C)C[C@H](N)C(=O)OC[C@@H]1C(=O)N2[C@@H](C(=O)O)C(C)(C)S(=O)(=O)[C@H]12. The van der Waals surface area contributed by atoms with Crippen molar-refractivity contribution in [3.63, 3.8) is 0 Å². The number of nitrogens with two attached hydrogens (primary N) is 1. The zero-order valence-corrected chi connectivity index (χ0v) is 15.4. The lowest BCUT2D eigenvalue weighted by atomic mass is 9.92. The first-order valence-corrected chi connectivity index (χ1v) is 9.59. The Hall–Kier alpha value is -1.68. The molecule has 2 rings (SSSR count). The number of sulfone groups is 1. The number of carboxylic acid groups (broad SMARTS) is 1. The number of amides is 1. The van der Waals surface area contributed by atoms with Gasteiger partial charge in [0.15, 0.2) is 15.2 Å². The van der Waals surface area contributed by atoms with E-state index in [1.54, 1.807) is 0 Å². The normalized spacial score (nSPS) is 30.6. The molecule has 2 aliphatic heterocycles. The van der Waals surface area contributed by atoms with E-state index in [4.69, 9.17) is 10.5 Å². The Bertz CT molecular complexity index is 701. The molecule has 0 aliphatic carbocycles. The molecule has 142 valence electrons. The quantitative estimate of drug-likeness (QED) is 0.459. The molecule has 0 radical (unpaired) electrons. The molecule has 0 unspecified atom stereocenters. The number of β-lactam (4-membered cyclic amide) rings is 1. The number of esters is 1. The number of fused-ring (bicyclic) bond motifs is 1. The molecule has 0 saturated carbocycles. The standard InChI is InChI=1S/C15H24N2O7S/c1-7(2)5-9(16)14(21)24-6-8-11(18)17-10(13(19)20)15(3,4)25(22,23)12(8)17/h7-10,12H,5-6,16H2,1-4H3,(H,19,20)/t8-,9+,10+,12-/m1/s1. The summed E-state index contributed by atoms with van der Waals surface area (Å²) in [6, 6.07) is -2.31. The summed E-state index contributed by atoms with van der Waals surface area (Å²) in [6.45, 7) is 5.92. The monoisotopic (exact) mass is 376 g/mol. The smallest absolute Gasteiger partial charge is 0.328 e. The van der Waals surface area contributed by atoms with Crippen LogP contribution in [-0.4, -0.2) is 65.1 Å². The Morgan fingerprint density at radius 3 is 2.40 bits per heavy atom. The minimum Gasteiger partial charge on any atom is -0.480 e. The van der Waals surface area contributed by atoms with Gasteiger partial charge in [-0.15, -0.1) is 0 Å². The van der Waals surface area contributed by atoms with Gasteiger partial charge in [-0.3, -0.25) is 9.59 Å². The van der Waals surface area contributed by atoms with Crippen molar-refractivity contribution in [1.29, 1.82) is 0 Å². The zero-order valence-electron chi connectivity index (χ0n) is 14.6. The van der Waals surface area contributed by atoms with Crippen molar-refractivity contribution in [3.05, 3.63) is 0 Å². The fourth-order valence-corrected chi connectivity index (χ4v) is 5.75. The summed E-state index contributed by atoms with van der Waals surface area (Å²) in [5.74, 6) is -3.64. The second kappa shape index (κ2) is 6.24. The van der Waals surface area contributed by atoms with Crippen LogP contribution in [0.2, 0.25) is 0 Å². The van der Waals surface area contributed by atoms with Crippen molar-refractivity contribution in [1.82, 2.24) is 4.90 Å². The number of ether oxygens (including phenoxy) is 1. The van der Waals surface area contributed by atoms with Gasteiger partial charge in [0.1, 0.15) is 24.6 Å². The van der Waals surface area contributed by atoms with Gasteiger partial charge in [0.2, 0.25) is 5.91 Å². The van der Waals surface area contributed by atoms with Gasteiger partial charge >= 0.3 is 11.9 Å². The number of carbonyl (C=O) groups is 3. The molecular weight excluding hydrogens is 352 g/mol. The van der Waals surface area contributed by atoms with Gasteiger partial charge in [0.25, 0.3) is 0 Å². The number of hydrogen-bond acceptors (Lipinski definition) is 7. The van der Waals surface area contributed by atoms with Crippen LogP contribution in [-0.2, 0) is 29.0 Å². The van der Waals surface area contributed by atoms with Gasteiger partial charge < -0.3 is 20.5 Å². The maximum absolute atomic E-state index is 12.6. The third kappa shape index (κ3) is 2.91. The molecule has 0 spiro atoms. The van der Waals surface area contributed by atoms with Crippen LogP contribution in [0.3, 0.4) is 0 Å². The molecule has 10 heteroatoms. The summed E-state index contributed by atoms with van der Waals surface area (Å²) in [5.41, 5.74) is 5.70. The Morgan fingerprint density at radius 2 is 1.92 bits per heavy atom. The molecule has 0 aromatic heterocycles. The van der Waals surface area contributed by atoms with Crippen LogP contribution in [0.1, 0.15) is 34.1 Å². The van der Waals surface area contributed by atoms with Gasteiger partial charge in [-0.05, 0) is 26.2 Å². The average Bonchev–Trinajstić information content (AvgIpc) is 2.60. The van der Waals surface area contributed by atoms with Gasteiger partial charge in [-0.1, -0.05) is 13.8 Å². The molecule has 0 aromatic carbocycles. The van der Waals surface area contributed by atoms with Gasteiger partial charge in [-0.2, -0.15) is 0 Å². The van der Waals surface area contributed by atoms with Crippen LogP contribution in [0.4, 0.5) is 0 Å². The first-order valence-electron chi connectivity index (χ1n) is 8.04. The summed E-state index contributed by atoms with van der Waals surface area (Å²) >= 11 is 0. The Balaban J connectivity index is 2.13. The van der Waals surface area contributed by atoms with E-state index in [-0.39, 0.29) is 5.92 Å². The number of carbonyl (C=O) groups excluding carboxylic acids is 2. The highest BCUT2D eigenvalue weighted by molar-refractivity contribution is 7.93. The van der Waals surface area contributed by atoms with Crippen molar-refractivity contribution in [2.45, 2.75) is 56.3 Å². The van der Waals surface area contributed by atoms with Gasteiger partial charge in [-0.25, -0.2) is 13.2 Å². The van der Waals surface area contributed by atoms with E-state index >= 15 is 0 Å². The molecule has 2 saturated heterocycles. The summed E-state index contributed by atoms with van der Waals surface area (Å²) in [7, 11) is -3.93. The zero-order chi connectivity index (χ0) is 19.3. The van der Waals surface area contributed by atoms with Crippen molar-refractivity contribution < 1.29 is 32.6 Å². The van der Waals surface area contributed by atoms with Crippen LogP contribution in [0.5, 0.6) is 0 Å². The second-order valence-electron chi connectivity index (χ2n) is 7.50. The highest BCUT2D eigenvalue weighted by Crippen LogP contribution is 2.48. The maximum atomic E-state index is 12.6. The molecular formula is C15H24N2O7S. The van der Waals surface area contributed by atoms with Crippen LogP contribution < -0.4 is 5.73 Å². The number of nitrogens with zero attached hydrogens (tertiary/aromatic N) is 1. The maximum Gasteiger partial charge on any atom is 0.328 e. The van der Waals surface area contributed by atoms with Crippen LogP contribution in [0.25, 0.3) is 0 Å². The molecule has 0 aromatic rings. The Kier molecular flexibility index (Phi) is 4.90. The lowest BCUT2D eigenvalue weighted by molar-refractivity contribution is -0.169. The summed E-state index contributed by atoms with van der Waals surface area (Å²) in [5, 5.41) is 8.03. The van der Waals surface area contributed by atoms with Crippen LogP contribution >= 0.6 is 0 Å². The molecule has 2 aliphatic rings. The average molecular weight is 376 g/mol. The number of hydrogen-bond donors (Lipinski definition) is 2. The molecule has 2 heterocycles. The first-order chi connectivity index (χ1) is 11.3. The minimum absolute atomic E-state index is 0.177. The highest BCUT2D eigenvalue weighted by Gasteiger charge is 2.72. The topological polar surface area (TPSA) is 144 Å². The summed E-state index contributed by atoms with van der Waals surface area (Å²) in [4.78, 5) is 36.4. The molecule has 0 bridgehead atoms. The second-order valence-corrected chi connectivity index (χ2v) is 10.1. The van der Waals surface area contributed by atoms with Crippen molar-refractivity contribution in [2.75, 3.05) is 6.61 Å². The van der Waals surface area contributed by atoms with E-state index in [1.165, 1.54) is 13.8 Å². The van der Waals surface area contributed by atoms with E-state index < -0.39 is 62.4 Å². The van der Waals surface area contributed by atoms with E-state index in [1.807, 2.05) is 13.8 Å². The molecule has 9 nitrogen and oxygen atoms in total. The Morgan fingerprint density at radius 1 is 1.36 bits per heavy atom. The lowest BCUT2D eigenvalue weighted by Gasteiger charge is -2.42. The van der Waals surface area contributed by atoms with E-state index in [2.05, 4.69) is 0 Å². The predicted octanol–water partition coefficient (Wildman–Crippen LogP) is -0.652. The third-order valence-electron chi connectivity index (χ3n) is 4.85.